The number of carbonyl (C=O) groups is 1. The summed E-state index contributed by atoms with van der Waals surface area (Å²) in [7, 11) is 0. The third kappa shape index (κ3) is 5.60. The molecule has 0 radical (unpaired) electrons. The van der Waals surface area contributed by atoms with E-state index < -0.39 is 0 Å². The summed E-state index contributed by atoms with van der Waals surface area (Å²) < 4.78 is 5.33. The van der Waals surface area contributed by atoms with E-state index in [1.54, 1.807) is 0 Å². The highest BCUT2D eigenvalue weighted by atomic mass is 16.5. The number of ether oxygens (including phenoxy) is 1. The van der Waals surface area contributed by atoms with E-state index in [4.69, 9.17) is 4.74 Å². The average molecular weight is 212 g/mol. The van der Waals surface area contributed by atoms with Crippen molar-refractivity contribution in [2.75, 3.05) is 0 Å². The van der Waals surface area contributed by atoms with Gasteiger partial charge in [0.25, 0.3) is 0 Å². The molecule has 1 atom stereocenters. The first kappa shape index (κ1) is 14.2. The highest BCUT2D eigenvalue weighted by Gasteiger charge is 2.27. The molecule has 0 spiro atoms. The van der Waals surface area contributed by atoms with Crippen LogP contribution in [-0.4, -0.2) is 12.1 Å². The molecule has 0 aromatic carbocycles. The molecule has 0 aromatic heterocycles. The predicted molar refractivity (Wildman–Crippen MR) is 63.7 cm³/mol. The van der Waals surface area contributed by atoms with Gasteiger partial charge in [-0.3, -0.25) is 4.79 Å². The Kier molecular flexibility index (Phi) is 5.63. The van der Waals surface area contributed by atoms with E-state index >= 15 is 0 Å². The van der Waals surface area contributed by atoms with Crippen LogP contribution in [0, 0.1) is 5.41 Å². The van der Waals surface area contributed by atoms with Crippen molar-refractivity contribution < 1.29 is 9.53 Å². The molecule has 0 amide bonds. The normalized spacial score (nSPS) is 13.2. The Bertz CT molecular complexity index is 235. The summed E-state index contributed by atoms with van der Waals surface area (Å²) >= 11 is 0. The molecule has 0 saturated carbocycles. The maximum absolute atomic E-state index is 11.2. The van der Waals surface area contributed by atoms with Crippen LogP contribution >= 0.6 is 0 Å². The van der Waals surface area contributed by atoms with Crippen molar-refractivity contribution >= 4 is 5.97 Å². The molecule has 0 N–H and O–H groups in total. The zero-order valence-corrected chi connectivity index (χ0v) is 10.9. The summed E-state index contributed by atoms with van der Waals surface area (Å²) in [6.07, 6.45) is 3.54. The molecule has 0 aliphatic rings. The van der Waals surface area contributed by atoms with Crippen LogP contribution in [0.3, 0.4) is 0 Å². The van der Waals surface area contributed by atoms with Crippen LogP contribution in [0.25, 0.3) is 0 Å². The van der Waals surface area contributed by atoms with Gasteiger partial charge in [0.1, 0.15) is 6.10 Å². The third-order valence-electron chi connectivity index (χ3n) is 2.73. The van der Waals surface area contributed by atoms with Crippen molar-refractivity contribution in [2.45, 2.75) is 60.5 Å². The molecule has 0 aromatic rings. The van der Waals surface area contributed by atoms with Crippen LogP contribution in [0.15, 0.2) is 11.6 Å². The molecule has 0 heterocycles. The Labute approximate surface area is 93.7 Å². The van der Waals surface area contributed by atoms with E-state index in [9.17, 15) is 4.79 Å². The van der Waals surface area contributed by atoms with Crippen molar-refractivity contribution in [3.05, 3.63) is 11.6 Å². The maximum atomic E-state index is 11.2. The highest BCUT2D eigenvalue weighted by molar-refractivity contribution is 5.69. The number of carbonyl (C=O) groups excluding carboxylic acids is 1. The van der Waals surface area contributed by atoms with Gasteiger partial charge in [-0.05, 0) is 27.2 Å². The molecule has 0 saturated heterocycles. The molecule has 0 fully saturated rings. The van der Waals surface area contributed by atoms with Crippen LogP contribution in [0.4, 0.5) is 0 Å². The standard InChI is InChI=1S/C13H24O2/c1-7-12(14)15-11(4)13(5,6)9-8-10(2)3/h8,11H,7,9H2,1-6H3. The van der Waals surface area contributed by atoms with Gasteiger partial charge in [-0.1, -0.05) is 32.4 Å². The summed E-state index contributed by atoms with van der Waals surface area (Å²) in [4.78, 5) is 11.2. The molecular weight excluding hydrogens is 188 g/mol. The Hall–Kier alpha value is -0.790. The Morgan fingerprint density at radius 1 is 1.40 bits per heavy atom. The second-order valence-corrected chi connectivity index (χ2v) is 4.96. The van der Waals surface area contributed by atoms with Crippen LogP contribution in [-0.2, 0) is 9.53 Å². The summed E-state index contributed by atoms with van der Waals surface area (Å²) in [5.74, 6) is -0.118. The number of rotatable bonds is 5. The number of hydrogen-bond acceptors (Lipinski definition) is 2. The molecule has 2 heteroatoms. The Morgan fingerprint density at radius 3 is 2.33 bits per heavy atom. The fraction of sp³-hybridized carbons (Fsp3) is 0.769. The molecule has 1 unspecified atom stereocenters. The lowest BCUT2D eigenvalue weighted by atomic mass is 9.83. The molecular formula is C13H24O2. The minimum Gasteiger partial charge on any atom is -0.462 e. The van der Waals surface area contributed by atoms with Crippen LogP contribution in [0.5, 0.6) is 0 Å². The second-order valence-electron chi connectivity index (χ2n) is 4.96. The molecule has 0 rings (SSSR count). The highest BCUT2D eigenvalue weighted by Crippen LogP contribution is 2.28. The molecule has 88 valence electrons. The smallest absolute Gasteiger partial charge is 0.305 e. The van der Waals surface area contributed by atoms with Crippen molar-refractivity contribution in [3.8, 4) is 0 Å². The summed E-state index contributed by atoms with van der Waals surface area (Å²) in [6.45, 7) is 12.2. The summed E-state index contributed by atoms with van der Waals surface area (Å²) in [5, 5.41) is 0. The first-order valence-electron chi connectivity index (χ1n) is 5.62. The van der Waals surface area contributed by atoms with Gasteiger partial charge in [-0.2, -0.15) is 0 Å². The second kappa shape index (κ2) is 5.94. The Morgan fingerprint density at radius 2 is 1.93 bits per heavy atom. The largest absolute Gasteiger partial charge is 0.462 e. The topological polar surface area (TPSA) is 26.3 Å². The summed E-state index contributed by atoms with van der Waals surface area (Å²) in [5.41, 5.74) is 1.30. The molecule has 0 aliphatic heterocycles. The first-order valence-corrected chi connectivity index (χ1v) is 5.62. The molecule has 15 heavy (non-hydrogen) atoms. The van der Waals surface area contributed by atoms with Gasteiger partial charge in [0.05, 0.1) is 0 Å². The van der Waals surface area contributed by atoms with Gasteiger partial charge in [0.15, 0.2) is 0 Å². The van der Waals surface area contributed by atoms with Gasteiger partial charge >= 0.3 is 5.97 Å². The van der Waals surface area contributed by atoms with E-state index in [0.717, 1.165) is 6.42 Å². The van der Waals surface area contributed by atoms with Crippen molar-refractivity contribution in [3.63, 3.8) is 0 Å². The SMILES string of the molecule is CCC(=O)OC(C)C(C)(C)CC=C(C)C. The van der Waals surface area contributed by atoms with Gasteiger partial charge in [0.2, 0.25) is 0 Å². The van der Waals surface area contributed by atoms with Crippen LogP contribution in [0.2, 0.25) is 0 Å². The summed E-state index contributed by atoms with van der Waals surface area (Å²) in [6, 6.07) is 0. The monoisotopic (exact) mass is 212 g/mol. The molecule has 0 aliphatic carbocycles. The van der Waals surface area contributed by atoms with Gasteiger partial charge in [-0.15, -0.1) is 0 Å². The quantitative estimate of drug-likeness (QED) is 0.513. The van der Waals surface area contributed by atoms with Crippen molar-refractivity contribution in [1.29, 1.82) is 0 Å². The van der Waals surface area contributed by atoms with E-state index in [2.05, 4.69) is 33.8 Å². The van der Waals surface area contributed by atoms with Gasteiger partial charge < -0.3 is 4.74 Å². The third-order valence-corrected chi connectivity index (χ3v) is 2.73. The maximum Gasteiger partial charge on any atom is 0.305 e. The fourth-order valence-corrected chi connectivity index (χ4v) is 1.07. The van der Waals surface area contributed by atoms with Crippen molar-refractivity contribution in [2.24, 2.45) is 5.41 Å². The predicted octanol–water partition coefficient (Wildman–Crippen LogP) is 3.71. The van der Waals surface area contributed by atoms with E-state index in [1.165, 1.54) is 5.57 Å². The molecule has 0 bridgehead atoms. The fourth-order valence-electron chi connectivity index (χ4n) is 1.07. The first-order chi connectivity index (χ1) is 6.79. The van der Waals surface area contributed by atoms with Crippen molar-refractivity contribution in [1.82, 2.24) is 0 Å². The number of hydrogen-bond donors (Lipinski definition) is 0. The van der Waals surface area contributed by atoms with E-state index in [0.29, 0.717) is 6.42 Å². The molecule has 2 nitrogen and oxygen atoms in total. The lowest BCUT2D eigenvalue weighted by Gasteiger charge is -2.30. The van der Waals surface area contributed by atoms with E-state index in [-0.39, 0.29) is 17.5 Å². The lowest BCUT2D eigenvalue weighted by molar-refractivity contribution is -0.153. The minimum atomic E-state index is -0.118. The van der Waals surface area contributed by atoms with Crippen LogP contribution < -0.4 is 0 Å². The Balaban J connectivity index is 4.31. The van der Waals surface area contributed by atoms with Crippen LogP contribution in [0.1, 0.15) is 54.4 Å². The average Bonchev–Trinajstić information content (AvgIpc) is 2.14. The lowest BCUT2D eigenvalue weighted by Crippen LogP contribution is -2.30. The number of esters is 1. The zero-order valence-electron chi connectivity index (χ0n) is 10.9. The number of allylic oxidation sites excluding steroid dienone is 2. The van der Waals surface area contributed by atoms with Gasteiger partial charge in [-0.25, -0.2) is 0 Å². The minimum absolute atomic E-state index is 0.00208. The van der Waals surface area contributed by atoms with Gasteiger partial charge in [0, 0.05) is 11.8 Å². The van der Waals surface area contributed by atoms with E-state index in [1.807, 2.05) is 13.8 Å². The zero-order chi connectivity index (χ0) is 12.1.